The van der Waals surface area contributed by atoms with Gasteiger partial charge in [0.25, 0.3) is 0 Å². The molecule has 0 atom stereocenters. The summed E-state index contributed by atoms with van der Waals surface area (Å²) in [5, 5.41) is 19.8. The number of nitrogens with zero attached hydrogens (tertiary/aromatic N) is 1. The maximum absolute atomic E-state index is 13.0. The van der Waals surface area contributed by atoms with Crippen molar-refractivity contribution in [3.63, 3.8) is 0 Å². The molecule has 0 amide bonds. The van der Waals surface area contributed by atoms with Gasteiger partial charge in [-0.15, -0.1) is 0 Å². The van der Waals surface area contributed by atoms with Gasteiger partial charge in [0.2, 0.25) is 0 Å². The van der Waals surface area contributed by atoms with Gasteiger partial charge < -0.3 is 20.5 Å². The number of anilines is 2. The van der Waals surface area contributed by atoms with Crippen molar-refractivity contribution in [3.8, 4) is 0 Å². The molecule has 0 spiro atoms. The van der Waals surface area contributed by atoms with Crippen LogP contribution in [0.5, 0.6) is 0 Å². The predicted molar refractivity (Wildman–Crippen MR) is 90.2 cm³/mol. The van der Waals surface area contributed by atoms with Crippen molar-refractivity contribution in [2.45, 2.75) is 0 Å². The topological polar surface area (TPSA) is 115 Å². The lowest BCUT2D eigenvalue weighted by atomic mass is 10.2. The molecule has 0 aliphatic carbocycles. The number of rotatable bonds is 4. The van der Waals surface area contributed by atoms with Crippen molar-refractivity contribution in [3.05, 3.63) is 66.9 Å². The summed E-state index contributed by atoms with van der Waals surface area (Å²) in [6.45, 7) is 0. The first kappa shape index (κ1) is 17.7. The van der Waals surface area contributed by atoms with E-state index < -0.39 is 11.9 Å². The molecule has 4 N–H and O–H groups in total. The molecule has 0 fully saturated rings. The van der Waals surface area contributed by atoms with Crippen molar-refractivity contribution in [2.75, 3.05) is 5.32 Å². The number of pyridine rings is 1. The van der Waals surface area contributed by atoms with Gasteiger partial charge in [0, 0.05) is 41.8 Å². The number of benzene rings is 1. The van der Waals surface area contributed by atoms with Gasteiger partial charge in [0.15, 0.2) is 0 Å². The lowest BCUT2D eigenvalue weighted by molar-refractivity contribution is -0.134. The molecule has 0 aliphatic rings. The van der Waals surface area contributed by atoms with E-state index in [0.717, 1.165) is 22.3 Å². The zero-order chi connectivity index (χ0) is 18.2. The summed E-state index contributed by atoms with van der Waals surface area (Å²) in [5.41, 5.74) is 2.65. The molecule has 7 nitrogen and oxygen atoms in total. The molecule has 8 heteroatoms. The van der Waals surface area contributed by atoms with Gasteiger partial charge in [0.1, 0.15) is 5.82 Å². The van der Waals surface area contributed by atoms with Gasteiger partial charge in [-0.3, -0.25) is 4.98 Å². The van der Waals surface area contributed by atoms with E-state index in [1.807, 2.05) is 18.3 Å². The summed E-state index contributed by atoms with van der Waals surface area (Å²) < 4.78 is 13.0. The zero-order valence-corrected chi connectivity index (χ0v) is 12.8. The largest absolute Gasteiger partial charge is 0.478 e. The molecule has 0 bridgehead atoms. The van der Waals surface area contributed by atoms with Crippen molar-refractivity contribution in [1.29, 1.82) is 0 Å². The molecule has 2 heterocycles. The summed E-state index contributed by atoms with van der Waals surface area (Å²) in [4.78, 5) is 26.1. The number of carboxylic acid groups (broad SMARTS) is 2. The van der Waals surface area contributed by atoms with Crippen LogP contribution in [0.25, 0.3) is 10.9 Å². The molecule has 128 valence electrons. The molecule has 2 aromatic heterocycles. The SMILES string of the molecule is Fc1ccc2c(Nc3ccncc3)c[nH]c2c1.O=C(O)C=CC(=O)O. The first-order valence-electron chi connectivity index (χ1n) is 7.03. The monoisotopic (exact) mass is 343 g/mol. The maximum Gasteiger partial charge on any atom is 0.328 e. The van der Waals surface area contributed by atoms with Crippen molar-refractivity contribution < 1.29 is 24.2 Å². The Kier molecular flexibility index (Phi) is 5.83. The summed E-state index contributed by atoms with van der Waals surface area (Å²) in [6.07, 6.45) is 6.38. The highest BCUT2D eigenvalue weighted by atomic mass is 19.1. The van der Waals surface area contributed by atoms with E-state index in [2.05, 4.69) is 15.3 Å². The van der Waals surface area contributed by atoms with Gasteiger partial charge in [-0.1, -0.05) is 0 Å². The number of H-pyrrole nitrogens is 1. The van der Waals surface area contributed by atoms with Gasteiger partial charge >= 0.3 is 11.9 Å². The summed E-state index contributed by atoms with van der Waals surface area (Å²) in [6, 6.07) is 8.44. The number of halogens is 1. The second-order valence-electron chi connectivity index (χ2n) is 4.76. The Balaban J connectivity index is 0.000000242. The number of carbonyl (C=O) groups is 2. The Labute approximate surface area is 141 Å². The Hall–Kier alpha value is -3.68. The van der Waals surface area contributed by atoms with Crippen LogP contribution in [0, 0.1) is 5.82 Å². The number of carboxylic acids is 2. The average molecular weight is 343 g/mol. The van der Waals surface area contributed by atoms with Crippen LogP contribution in [-0.2, 0) is 9.59 Å². The first-order chi connectivity index (χ1) is 12.0. The van der Waals surface area contributed by atoms with Crippen LogP contribution in [-0.4, -0.2) is 32.1 Å². The maximum atomic E-state index is 13.0. The van der Waals surface area contributed by atoms with E-state index >= 15 is 0 Å². The zero-order valence-electron chi connectivity index (χ0n) is 12.8. The van der Waals surface area contributed by atoms with Crippen LogP contribution in [0.2, 0.25) is 0 Å². The molecule has 1 aromatic carbocycles. The number of aliphatic carboxylic acids is 2. The standard InChI is InChI=1S/C13H10FN3.C4H4O4/c14-9-1-2-11-12(7-9)16-8-13(11)17-10-3-5-15-6-4-10;5-3(6)1-2-4(7)8/h1-8,16H,(H,15,17);1-2H,(H,5,6)(H,7,8). The highest BCUT2D eigenvalue weighted by Crippen LogP contribution is 2.26. The van der Waals surface area contributed by atoms with E-state index in [1.165, 1.54) is 12.1 Å². The normalized spacial score (nSPS) is 10.3. The number of nitrogens with one attached hydrogen (secondary N) is 2. The van der Waals surface area contributed by atoms with Crippen molar-refractivity contribution in [2.24, 2.45) is 0 Å². The number of fused-ring (bicyclic) bond motifs is 1. The number of aromatic amines is 1. The van der Waals surface area contributed by atoms with Crippen LogP contribution in [0.1, 0.15) is 0 Å². The number of hydrogen-bond acceptors (Lipinski definition) is 4. The van der Waals surface area contributed by atoms with Gasteiger partial charge in [-0.2, -0.15) is 0 Å². The van der Waals surface area contributed by atoms with E-state index in [1.54, 1.807) is 18.5 Å². The van der Waals surface area contributed by atoms with Crippen LogP contribution >= 0.6 is 0 Å². The fraction of sp³-hybridized carbons (Fsp3) is 0. The summed E-state index contributed by atoms with van der Waals surface area (Å²) in [7, 11) is 0. The molecular weight excluding hydrogens is 329 g/mol. The Morgan fingerprint density at radius 1 is 1.08 bits per heavy atom. The molecule has 3 aromatic rings. The predicted octanol–water partition coefficient (Wildman–Crippen LogP) is 3.16. The van der Waals surface area contributed by atoms with E-state index in [0.29, 0.717) is 12.2 Å². The lowest BCUT2D eigenvalue weighted by Crippen LogP contribution is -1.91. The Bertz CT molecular complexity index is 891. The van der Waals surface area contributed by atoms with E-state index in [4.69, 9.17) is 10.2 Å². The fourth-order valence-corrected chi connectivity index (χ4v) is 1.94. The van der Waals surface area contributed by atoms with Crippen molar-refractivity contribution >= 4 is 34.2 Å². The minimum Gasteiger partial charge on any atom is -0.478 e. The average Bonchev–Trinajstić information content (AvgIpc) is 2.96. The molecule has 0 radical (unpaired) electrons. The smallest absolute Gasteiger partial charge is 0.328 e. The summed E-state index contributed by atoms with van der Waals surface area (Å²) in [5.74, 6) is -2.75. The molecule has 3 rings (SSSR count). The van der Waals surface area contributed by atoms with E-state index in [-0.39, 0.29) is 5.82 Å². The molecule has 0 saturated heterocycles. The third-order valence-electron chi connectivity index (χ3n) is 2.97. The minimum atomic E-state index is -1.26. The highest BCUT2D eigenvalue weighted by molar-refractivity contribution is 5.94. The first-order valence-corrected chi connectivity index (χ1v) is 7.03. The van der Waals surface area contributed by atoms with Gasteiger partial charge in [0.05, 0.1) is 11.2 Å². The molecule has 0 unspecified atom stereocenters. The Morgan fingerprint density at radius 2 is 1.72 bits per heavy atom. The molecule has 0 saturated carbocycles. The van der Waals surface area contributed by atoms with Gasteiger partial charge in [-0.05, 0) is 30.3 Å². The van der Waals surface area contributed by atoms with Crippen LogP contribution in [0.4, 0.5) is 15.8 Å². The number of hydrogen-bond donors (Lipinski definition) is 4. The second-order valence-corrected chi connectivity index (χ2v) is 4.76. The third-order valence-corrected chi connectivity index (χ3v) is 2.97. The van der Waals surface area contributed by atoms with Crippen LogP contribution in [0.3, 0.4) is 0 Å². The lowest BCUT2D eigenvalue weighted by Gasteiger charge is -2.03. The van der Waals surface area contributed by atoms with Gasteiger partial charge in [-0.25, -0.2) is 14.0 Å². The third kappa shape index (κ3) is 5.47. The van der Waals surface area contributed by atoms with Crippen LogP contribution < -0.4 is 5.32 Å². The fourth-order valence-electron chi connectivity index (χ4n) is 1.94. The number of aromatic nitrogens is 2. The highest BCUT2D eigenvalue weighted by Gasteiger charge is 2.04. The molecular formula is C17H14FN3O4. The van der Waals surface area contributed by atoms with Crippen molar-refractivity contribution in [1.82, 2.24) is 9.97 Å². The molecule has 25 heavy (non-hydrogen) atoms. The van der Waals surface area contributed by atoms with E-state index in [9.17, 15) is 14.0 Å². The second kappa shape index (κ2) is 8.25. The quantitative estimate of drug-likeness (QED) is 0.541. The van der Waals surface area contributed by atoms with Crippen LogP contribution in [0.15, 0.2) is 61.1 Å². The summed E-state index contributed by atoms with van der Waals surface area (Å²) >= 11 is 0. The Morgan fingerprint density at radius 3 is 2.32 bits per heavy atom. The minimum absolute atomic E-state index is 0.241. The molecule has 0 aliphatic heterocycles.